The van der Waals surface area contributed by atoms with Crippen molar-refractivity contribution in [2.75, 3.05) is 19.6 Å². The van der Waals surface area contributed by atoms with E-state index in [2.05, 4.69) is 12.2 Å². The monoisotopic (exact) mass is 210 g/mol. The molecule has 3 heteroatoms. The molecular formula is C12H22N2O. The Morgan fingerprint density at radius 1 is 1.47 bits per heavy atom. The smallest absolute Gasteiger partial charge is 0.222 e. The molecule has 2 aliphatic rings. The Bertz CT molecular complexity index is 226. The zero-order valence-corrected chi connectivity index (χ0v) is 9.67. The van der Waals surface area contributed by atoms with Crippen LogP contribution in [0.1, 0.15) is 39.0 Å². The van der Waals surface area contributed by atoms with Crippen LogP contribution in [0.3, 0.4) is 0 Å². The van der Waals surface area contributed by atoms with Crippen LogP contribution < -0.4 is 5.32 Å². The molecule has 15 heavy (non-hydrogen) atoms. The van der Waals surface area contributed by atoms with E-state index in [1.807, 2.05) is 4.90 Å². The lowest BCUT2D eigenvalue weighted by Crippen LogP contribution is -2.29. The van der Waals surface area contributed by atoms with Crippen LogP contribution in [-0.2, 0) is 4.79 Å². The lowest BCUT2D eigenvalue weighted by molar-refractivity contribution is -0.127. The molecule has 2 fully saturated rings. The first-order chi connectivity index (χ1) is 7.29. The molecule has 0 spiro atoms. The summed E-state index contributed by atoms with van der Waals surface area (Å²) in [5.41, 5.74) is 0. The molecule has 1 amide bonds. The first-order valence-corrected chi connectivity index (χ1v) is 6.30. The van der Waals surface area contributed by atoms with Gasteiger partial charge in [-0.25, -0.2) is 0 Å². The van der Waals surface area contributed by atoms with Crippen LogP contribution >= 0.6 is 0 Å². The maximum atomic E-state index is 11.6. The van der Waals surface area contributed by atoms with E-state index in [4.69, 9.17) is 0 Å². The van der Waals surface area contributed by atoms with E-state index in [9.17, 15) is 4.79 Å². The van der Waals surface area contributed by atoms with Crippen LogP contribution in [0.15, 0.2) is 0 Å². The highest BCUT2D eigenvalue weighted by Gasteiger charge is 2.30. The minimum Gasteiger partial charge on any atom is -0.342 e. The van der Waals surface area contributed by atoms with Crippen molar-refractivity contribution in [3.05, 3.63) is 0 Å². The second-order valence-corrected chi connectivity index (χ2v) is 4.95. The molecular weight excluding hydrogens is 188 g/mol. The Labute approximate surface area is 92.2 Å². The standard InChI is InChI=1S/C12H22N2O/c1-2-3-6-14-9-10(7-12(14)15)8-13-11-4-5-11/h10-11,13H,2-9H2,1H3. The van der Waals surface area contributed by atoms with Gasteiger partial charge in [0.25, 0.3) is 0 Å². The highest BCUT2D eigenvalue weighted by molar-refractivity contribution is 5.78. The van der Waals surface area contributed by atoms with Gasteiger partial charge in [-0.1, -0.05) is 13.3 Å². The van der Waals surface area contributed by atoms with E-state index < -0.39 is 0 Å². The van der Waals surface area contributed by atoms with Gasteiger partial charge in [-0.15, -0.1) is 0 Å². The summed E-state index contributed by atoms with van der Waals surface area (Å²) < 4.78 is 0. The summed E-state index contributed by atoms with van der Waals surface area (Å²) >= 11 is 0. The molecule has 0 aromatic heterocycles. The molecule has 1 saturated heterocycles. The van der Waals surface area contributed by atoms with Gasteiger partial charge in [0.15, 0.2) is 0 Å². The fourth-order valence-corrected chi connectivity index (χ4v) is 2.18. The van der Waals surface area contributed by atoms with Crippen molar-refractivity contribution in [1.82, 2.24) is 10.2 Å². The van der Waals surface area contributed by atoms with Crippen LogP contribution in [-0.4, -0.2) is 36.5 Å². The summed E-state index contributed by atoms with van der Waals surface area (Å²) in [5, 5.41) is 3.52. The Morgan fingerprint density at radius 3 is 2.93 bits per heavy atom. The fraction of sp³-hybridized carbons (Fsp3) is 0.917. The lowest BCUT2D eigenvalue weighted by Gasteiger charge is -2.16. The average molecular weight is 210 g/mol. The van der Waals surface area contributed by atoms with Crippen LogP contribution in [0.5, 0.6) is 0 Å². The molecule has 0 aromatic carbocycles. The largest absolute Gasteiger partial charge is 0.342 e. The number of carbonyl (C=O) groups excluding carboxylic acids is 1. The fourth-order valence-electron chi connectivity index (χ4n) is 2.18. The second kappa shape index (κ2) is 4.97. The molecule has 0 bridgehead atoms. The maximum Gasteiger partial charge on any atom is 0.222 e. The van der Waals surface area contributed by atoms with E-state index in [1.54, 1.807) is 0 Å². The van der Waals surface area contributed by atoms with Gasteiger partial charge in [0.2, 0.25) is 5.91 Å². The summed E-state index contributed by atoms with van der Waals surface area (Å²) in [6.07, 6.45) is 5.76. The number of likely N-dealkylation sites (tertiary alicyclic amines) is 1. The topological polar surface area (TPSA) is 32.3 Å². The number of amides is 1. The summed E-state index contributed by atoms with van der Waals surface area (Å²) in [6, 6.07) is 0.768. The van der Waals surface area contributed by atoms with Crippen LogP contribution in [0.4, 0.5) is 0 Å². The van der Waals surface area contributed by atoms with Gasteiger partial charge in [0.05, 0.1) is 0 Å². The first-order valence-electron chi connectivity index (χ1n) is 6.30. The second-order valence-electron chi connectivity index (χ2n) is 4.95. The zero-order chi connectivity index (χ0) is 10.7. The summed E-state index contributed by atoms with van der Waals surface area (Å²) in [6.45, 7) is 5.17. The van der Waals surface area contributed by atoms with Gasteiger partial charge in [-0.3, -0.25) is 4.79 Å². The number of nitrogens with one attached hydrogen (secondary N) is 1. The van der Waals surface area contributed by atoms with E-state index in [-0.39, 0.29) is 0 Å². The summed E-state index contributed by atoms with van der Waals surface area (Å²) in [4.78, 5) is 13.7. The van der Waals surface area contributed by atoms with Crippen LogP contribution in [0, 0.1) is 5.92 Å². The number of rotatable bonds is 6. The van der Waals surface area contributed by atoms with Crippen molar-refractivity contribution in [2.24, 2.45) is 5.92 Å². The van der Waals surface area contributed by atoms with Gasteiger partial charge < -0.3 is 10.2 Å². The number of hydrogen-bond acceptors (Lipinski definition) is 2. The van der Waals surface area contributed by atoms with Crippen molar-refractivity contribution in [1.29, 1.82) is 0 Å². The summed E-state index contributed by atoms with van der Waals surface area (Å²) in [5.74, 6) is 0.931. The molecule has 1 aliphatic heterocycles. The third-order valence-electron chi connectivity index (χ3n) is 3.35. The van der Waals surface area contributed by atoms with Gasteiger partial charge in [0.1, 0.15) is 0 Å². The minimum atomic E-state index is 0.367. The lowest BCUT2D eigenvalue weighted by atomic mass is 10.1. The number of unbranched alkanes of at least 4 members (excludes halogenated alkanes) is 1. The summed E-state index contributed by atoms with van der Waals surface area (Å²) in [7, 11) is 0. The molecule has 1 heterocycles. The van der Waals surface area contributed by atoms with Crippen LogP contribution in [0.25, 0.3) is 0 Å². The Kier molecular flexibility index (Phi) is 3.62. The molecule has 0 radical (unpaired) electrons. The van der Waals surface area contributed by atoms with Gasteiger partial charge in [-0.2, -0.15) is 0 Å². The number of nitrogens with zero attached hydrogens (tertiary/aromatic N) is 1. The van der Waals surface area contributed by atoms with E-state index in [0.29, 0.717) is 11.8 Å². The Balaban J connectivity index is 1.67. The van der Waals surface area contributed by atoms with Crippen molar-refractivity contribution in [2.45, 2.75) is 45.1 Å². The molecule has 1 N–H and O–H groups in total. The zero-order valence-electron chi connectivity index (χ0n) is 9.67. The SMILES string of the molecule is CCCCN1CC(CNC2CC2)CC1=O. The molecule has 1 unspecified atom stereocenters. The first kappa shape index (κ1) is 10.9. The van der Waals surface area contributed by atoms with Gasteiger partial charge in [0, 0.05) is 32.1 Å². The third kappa shape index (κ3) is 3.20. The van der Waals surface area contributed by atoms with Crippen molar-refractivity contribution >= 4 is 5.91 Å². The molecule has 0 aromatic rings. The minimum absolute atomic E-state index is 0.367. The Morgan fingerprint density at radius 2 is 2.27 bits per heavy atom. The van der Waals surface area contributed by atoms with Gasteiger partial charge in [-0.05, 0) is 25.2 Å². The highest BCUT2D eigenvalue weighted by atomic mass is 16.2. The molecule has 2 rings (SSSR count). The van der Waals surface area contributed by atoms with Crippen LogP contribution in [0.2, 0.25) is 0 Å². The third-order valence-corrected chi connectivity index (χ3v) is 3.35. The van der Waals surface area contributed by atoms with E-state index in [1.165, 1.54) is 19.3 Å². The molecule has 3 nitrogen and oxygen atoms in total. The molecule has 1 atom stereocenters. The molecule has 1 saturated carbocycles. The Hall–Kier alpha value is -0.570. The maximum absolute atomic E-state index is 11.6. The molecule has 1 aliphatic carbocycles. The predicted octanol–water partition coefficient (Wildman–Crippen LogP) is 1.39. The van der Waals surface area contributed by atoms with Gasteiger partial charge >= 0.3 is 0 Å². The normalized spacial score (nSPS) is 26.3. The van der Waals surface area contributed by atoms with Crippen molar-refractivity contribution in [3.63, 3.8) is 0 Å². The average Bonchev–Trinajstić information content (AvgIpc) is 2.98. The van der Waals surface area contributed by atoms with Crippen molar-refractivity contribution in [3.8, 4) is 0 Å². The van der Waals surface area contributed by atoms with Crippen molar-refractivity contribution < 1.29 is 4.79 Å². The molecule has 86 valence electrons. The predicted molar refractivity (Wildman–Crippen MR) is 60.6 cm³/mol. The highest BCUT2D eigenvalue weighted by Crippen LogP contribution is 2.22. The quantitative estimate of drug-likeness (QED) is 0.718. The number of carbonyl (C=O) groups is 1. The van der Waals surface area contributed by atoms with E-state index in [0.717, 1.165) is 38.5 Å². The van der Waals surface area contributed by atoms with E-state index >= 15 is 0 Å². The number of hydrogen-bond donors (Lipinski definition) is 1.